The molecule has 0 bridgehead atoms. The number of thiazole rings is 1. The maximum Gasteiger partial charge on any atom is 0.257 e. The van der Waals surface area contributed by atoms with Crippen LogP contribution in [0.25, 0.3) is 0 Å². The van der Waals surface area contributed by atoms with Crippen LogP contribution in [0.15, 0.2) is 17.8 Å². The zero-order chi connectivity index (χ0) is 11.5. The van der Waals surface area contributed by atoms with Crippen LogP contribution in [0.3, 0.4) is 0 Å². The highest BCUT2D eigenvalue weighted by Crippen LogP contribution is 2.09. The molecule has 16 heavy (non-hydrogen) atoms. The van der Waals surface area contributed by atoms with E-state index < -0.39 is 0 Å². The number of hydrogen-bond acceptors (Lipinski definition) is 5. The molecule has 2 rings (SSSR count). The van der Waals surface area contributed by atoms with Crippen molar-refractivity contribution >= 4 is 23.1 Å². The zero-order valence-corrected chi connectivity index (χ0v) is 9.49. The third-order valence-corrected chi connectivity index (χ3v) is 2.89. The molecule has 1 amide bonds. The summed E-state index contributed by atoms with van der Waals surface area (Å²) in [5, 5.41) is 9.35. The number of carbonyl (C=O) groups excluding carboxylic acids is 1. The molecule has 0 saturated carbocycles. The maximum absolute atomic E-state index is 11.7. The van der Waals surface area contributed by atoms with Crippen LogP contribution in [-0.2, 0) is 13.6 Å². The van der Waals surface area contributed by atoms with Gasteiger partial charge in [0, 0.05) is 18.6 Å². The molecule has 6 nitrogen and oxygen atoms in total. The fraction of sp³-hybridized carbons (Fsp3) is 0.222. The van der Waals surface area contributed by atoms with Gasteiger partial charge in [0.1, 0.15) is 16.4 Å². The van der Waals surface area contributed by atoms with Crippen LogP contribution in [0.2, 0.25) is 0 Å². The standard InChI is InChI=1S/C9H11N5OS/c1-14-8(10)6(4-13-14)9(15)12-5-7-11-2-3-16-7/h2-4H,5,10H2,1H3,(H,12,15). The van der Waals surface area contributed by atoms with E-state index in [1.165, 1.54) is 22.2 Å². The Bertz CT molecular complexity index is 490. The van der Waals surface area contributed by atoms with Crippen molar-refractivity contribution in [1.82, 2.24) is 20.1 Å². The van der Waals surface area contributed by atoms with Gasteiger partial charge in [0.05, 0.1) is 12.7 Å². The molecule has 0 radical (unpaired) electrons. The van der Waals surface area contributed by atoms with Crippen molar-refractivity contribution in [2.45, 2.75) is 6.54 Å². The minimum absolute atomic E-state index is 0.235. The highest BCUT2D eigenvalue weighted by atomic mass is 32.1. The molecule has 2 heterocycles. The third kappa shape index (κ3) is 2.03. The molecule has 0 aliphatic rings. The minimum atomic E-state index is -0.235. The van der Waals surface area contributed by atoms with E-state index in [0.29, 0.717) is 17.9 Å². The lowest BCUT2D eigenvalue weighted by atomic mass is 10.3. The van der Waals surface area contributed by atoms with E-state index in [1.807, 2.05) is 5.38 Å². The number of nitrogens with one attached hydrogen (secondary N) is 1. The van der Waals surface area contributed by atoms with Crippen molar-refractivity contribution in [3.05, 3.63) is 28.3 Å². The molecule has 0 saturated heterocycles. The maximum atomic E-state index is 11.7. The van der Waals surface area contributed by atoms with Crippen molar-refractivity contribution in [1.29, 1.82) is 0 Å². The summed E-state index contributed by atoms with van der Waals surface area (Å²) in [6, 6.07) is 0. The van der Waals surface area contributed by atoms with Gasteiger partial charge in [0.25, 0.3) is 5.91 Å². The van der Waals surface area contributed by atoms with Crippen molar-refractivity contribution in [3.8, 4) is 0 Å². The molecule has 0 atom stereocenters. The first-order chi connectivity index (χ1) is 7.68. The fourth-order valence-corrected chi connectivity index (χ4v) is 1.77. The van der Waals surface area contributed by atoms with E-state index in [9.17, 15) is 4.79 Å². The fourth-order valence-electron chi connectivity index (χ4n) is 1.21. The first kappa shape index (κ1) is 10.6. The van der Waals surface area contributed by atoms with Crippen molar-refractivity contribution in [3.63, 3.8) is 0 Å². The summed E-state index contributed by atoms with van der Waals surface area (Å²) in [5.41, 5.74) is 6.07. The lowest BCUT2D eigenvalue weighted by Gasteiger charge is -2.02. The van der Waals surface area contributed by atoms with Gasteiger partial charge in [-0.3, -0.25) is 9.48 Å². The highest BCUT2D eigenvalue weighted by Gasteiger charge is 2.13. The van der Waals surface area contributed by atoms with E-state index in [-0.39, 0.29) is 5.91 Å². The quantitative estimate of drug-likeness (QED) is 0.808. The second-order valence-electron chi connectivity index (χ2n) is 3.18. The van der Waals surface area contributed by atoms with Crippen molar-refractivity contribution < 1.29 is 4.79 Å². The number of anilines is 1. The van der Waals surface area contributed by atoms with E-state index >= 15 is 0 Å². The van der Waals surface area contributed by atoms with Gasteiger partial charge < -0.3 is 11.1 Å². The van der Waals surface area contributed by atoms with E-state index in [1.54, 1.807) is 13.2 Å². The average molecular weight is 237 g/mol. The molecule has 2 aromatic rings. The van der Waals surface area contributed by atoms with Gasteiger partial charge in [-0.15, -0.1) is 11.3 Å². The van der Waals surface area contributed by atoms with Crippen molar-refractivity contribution in [2.75, 3.05) is 5.73 Å². The van der Waals surface area contributed by atoms with Crippen LogP contribution in [0.4, 0.5) is 5.82 Å². The minimum Gasteiger partial charge on any atom is -0.383 e. The summed E-state index contributed by atoms with van der Waals surface area (Å²) in [5.74, 6) is 0.123. The summed E-state index contributed by atoms with van der Waals surface area (Å²) < 4.78 is 1.46. The van der Waals surface area contributed by atoms with Crippen LogP contribution >= 0.6 is 11.3 Å². The van der Waals surface area contributed by atoms with E-state index in [0.717, 1.165) is 5.01 Å². The first-order valence-corrected chi connectivity index (χ1v) is 5.50. The van der Waals surface area contributed by atoms with Crippen LogP contribution < -0.4 is 11.1 Å². The number of nitrogen functional groups attached to an aromatic ring is 1. The van der Waals surface area contributed by atoms with Crippen LogP contribution in [0.5, 0.6) is 0 Å². The Morgan fingerprint density at radius 1 is 1.69 bits per heavy atom. The summed E-state index contributed by atoms with van der Waals surface area (Å²) >= 11 is 1.49. The van der Waals surface area contributed by atoms with Crippen LogP contribution in [0, 0.1) is 0 Å². The second-order valence-corrected chi connectivity index (χ2v) is 4.15. The number of amides is 1. The molecule has 7 heteroatoms. The molecule has 2 aromatic heterocycles. The molecular formula is C9H11N5OS. The lowest BCUT2D eigenvalue weighted by molar-refractivity contribution is 0.0951. The SMILES string of the molecule is Cn1ncc(C(=O)NCc2nccs2)c1N. The van der Waals surface area contributed by atoms with Crippen LogP contribution in [-0.4, -0.2) is 20.7 Å². The zero-order valence-electron chi connectivity index (χ0n) is 8.67. The summed E-state index contributed by atoms with van der Waals surface area (Å²) in [4.78, 5) is 15.8. The Kier molecular flexibility index (Phi) is 2.86. The van der Waals surface area contributed by atoms with Crippen molar-refractivity contribution in [2.24, 2.45) is 7.05 Å². The molecule has 0 spiro atoms. The van der Waals surface area contributed by atoms with Gasteiger partial charge >= 0.3 is 0 Å². The third-order valence-electron chi connectivity index (χ3n) is 2.11. The van der Waals surface area contributed by atoms with Crippen LogP contribution in [0.1, 0.15) is 15.4 Å². The number of nitrogens with zero attached hydrogens (tertiary/aromatic N) is 3. The lowest BCUT2D eigenvalue weighted by Crippen LogP contribution is -2.23. The van der Waals surface area contributed by atoms with Gasteiger partial charge in [-0.05, 0) is 0 Å². The molecule has 84 valence electrons. The Morgan fingerprint density at radius 2 is 2.50 bits per heavy atom. The Labute approximate surface area is 96.1 Å². The number of aromatic nitrogens is 3. The van der Waals surface area contributed by atoms with Gasteiger partial charge in [-0.2, -0.15) is 5.10 Å². The van der Waals surface area contributed by atoms with Gasteiger partial charge in [-0.1, -0.05) is 0 Å². The topological polar surface area (TPSA) is 85.8 Å². The van der Waals surface area contributed by atoms with E-state index in [2.05, 4.69) is 15.4 Å². The molecule has 0 fully saturated rings. The van der Waals surface area contributed by atoms with E-state index in [4.69, 9.17) is 5.73 Å². The monoisotopic (exact) mass is 237 g/mol. The van der Waals surface area contributed by atoms with Gasteiger partial charge in [0.15, 0.2) is 0 Å². The smallest absolute Gasteiger partial charge is 0.257 e. The molecule has 0 aliphatic heterocycles. The number of nitrogens with two attached hydrogens (primary N) is 1. The predicted molar refractivity (Wildman–Crippen MR) is 60.9 cm³/mol. The number of carbonyl (C=O) groups is 1. The summed E-state index contributed by atoms with van der Waals surface area (Å²) in [6.07, 6.45) is 3.15. The highest BCUT2D eigenvalue weighted by molar-refractivity contribution is 7.09. The number of rotatable bonds is 3. The second kappa shape index (κ2) is 4.31. The Morgan fingerprint density at radius 3 is 3.06 bits per heavy atom. The average Bonchev–Trinajstić information content (AvgIpc) is 2.88. The molecule has 0 aliphatic carbocycles. The number of aryl methyl sites for hydroxylation is 1. The molecule has 3 N–H and O–H groups in total. The Balaban J connectivity index is 2.01. The molecule has 0 unspecified atom stereocenters. The first-order valence-electron chi connectivity index (χ1n) is 4.62. The largest absolute Gasteiger partial charge is 0.383 e. The predicted octanol–water partition coefficient (Wildman–Crippen LogP) is 0.389. The Hall–Kier alpha value is -1.89. The summed E-state index contributed by atoms with van der Waals surface area (Å²) in [6.45, 7) is 0.408. The molecule has 0 aromatic carbocycles. The summed E-state index contributed by atoms with van der Waals surface area (Å²) in [7, 11) is 1.69. The normalized spacial score (nSPS) is 10.3. The molecular weight excluding hydrogens is 226 g/mol. The number of hydrogen-bond donors (Lipinski definition) is 2. The van der Waals surface area contributed by atoms with Gasteiger partial charge in [0.2, 0.25) is 0 Å². The van der Waals surface area contributed by atoms with Gasteiger partial charge in [-0.25, -0.2) is 4.98 Å².